The molecule has 0 spiro atoms. The Morgan fingerprint density at radius 3 is 2.51 bits per heavy atom. The SMILES string of the molecule is COc1ccc(-c2ccc(Cn3c([C@@H]4[C@H](C(=O)O)C4(C)C)nc4cc(OCc5ccc6ccccc6n5)ccc43)c(F)c2)cn1. The van der Waals surface area contributed by atoms with Crippen LogP contribution in [0.4, 0.5) is 4.39 Å². The Bertz CT molecular complexity index is 2070. The van der Waals surface area contributed by atoms with Gasteiger partial charge in [0.05, 0.1) is 41.8 Å². The van der Waals surface area contributed by atoms with E-state index < -0.39 is 17.3 Å². The van der Waals surface area contributed by atoms with Gasteiger partial charge >= 0.3 is 5.97 Å². The lowest BCUT2D eigenvalue weighted by Gasteiger charge is -2.13. The van der Waals surface area contributed by atoms with Gasteiger partial charge in [0, 0.05) is 40.8 Å². The molecule has 3 heterocycles. The molecule has 0 saturated heterocycles. The van der Waals surface area contributed by atoms with Crippen molar-refractivity contribution in [3.05, 3.63) is 114 Å². The van der Waals surface area contributed by atoms with Crippen molar-refractivity contribution in [3.63, 3.8) is 0 Å². The second kappa shape index (κ2) is 11.0. The van der Waals surface area contributed by atoms with Crippen molar-refractivity contribution in [3.8, 4) is 22.8 Å². The largest absolute Gasteiger partial charge is 0.487 e. The third-order valence-corrected chi connectivity index (χ3v) is 8.82. The van der Waals surface area contributed by atoms with Crippen molar-refractivity contribution >= 4 is 27.9 Å². The first kappa shape index (κ1) is 28.5. The molecule has 1 saturated carbocycles. The van der Waals surface area contributed by atoms with E-state index in [1.54, 1.807) is 25.4 Å². The van der Waals surface area contributed by atoms with Crippen molar-refractivity contribution in [1.29, 1.82) is 0 Å². The molecule has 0 unspecified atom stereocenters. The molecule has 226 valence electrons. The zero-order valence-corrected chi connectivity index (χ0v) is 25.1. The van der Waals surface area contributed by atoms with Gasteiger partial charge in [0.15, 0.2) is 0 Å². The van der Waals surface area contributed by atoms with Gasteiger partial charge < -0.3 is 19.1 Å². The van der Waals surface area contributed by atoms with Gasteiger partial charge in [-0.05, 0) is 47.4 Å². The number of rotatable bonds is 9. The number of aromatic nitrogens is 4. The predicted molar refractivity (Wildman–Crippen MR) is 169 cm³/mol. The minimum absolute atomic E-state index is 0.193. The van der Waals surface area contributed by atoms with Gasteiger partial charge in [0.1, 0.15) is 24.0 Å². The quantitative estimate of drug-likeness (QED) is 0.186. The van der Waals surface area contributed by atoms with Crippen molar-refractivity contribution in [2.45, 2.75) is 32.9 Å². The molecule has 45 heavy (non-hydrogen) atoms. The Morgan fingerprint density at radius 1 is 0.956 bits per heavy atom. The van der Waals surface area contributed by atoms with E-state index in [1.165, 1.54) is 6.07 Å². The summed E-state index contributed by atoms with van der Waals surface area (Å²) in [6, 6.07) is 26.2. The molecular weight excluding hydrogens is 571 g/mol. The van der Waals surface area contributed by atoms with Gasteiger partial charge in [-0.15, -0.1) is 0 Å². The molecule has 1 N–H and O–H groups in total. The van der Waals surface area contributed by atoms with Gasteiger partial charge in [-0.1, -0.05) is 50.2 Å². The topological polar surface area (TPSA) is 99.4 Å². The maximum Gasteiger partial charge on any atom is 0.307 e. The molecule has 1 aliphatic rings. The summed E-state index contributed by atoms with van der Waals surface area (Å²) >= 11 is 0. The van der Waals surface area contributed by atoms with Crippen LogP contribution in [0.1, 0.15) is 36.8 Å². The Morgan fingerprint density at radius 2 is 1.78 bits per heavy atom. The Kier molecular flexibility index (Phi) is 6.96. The summed E-state index contributed by atoms with van der Waals surface area (Å²) in [5.74, 6) is -0.417. The first-order chi connectivity index (χ1) is 21.7. The molecule has 2 atom stereocenters. The lowest BCUT2D eigenvalue weighted by atomic mass is 10.0. The van der Waals surface area contributed by atoms with Gasteiger partial charge in [0.25, 0.3) is 0 Å². The van der Waals surface area contributed by atoms with Crippen LogP contribution in [0.15, 0.2) is 91.1 Å². The number of fused-ring (bicyclic) bond motifs is 2. The molecule has 3 aromatic carbocycles. The van der Waals surface area contributed by atoms with Gasteiger partial charge in [-0.2, -0.15) is 0 Å². The van der Waals surface area contributed by atoms with E-state index in [4.69, 9.17) is 14.5 Å². The van der Waals surface area contributed by atoms with Gasteiger partial charge in [-0.25, -0.2) is 19.3 Å². The van der Waals surface area contributed by atoms with Crippen LogP contribution in [0.25, 0.3) is 33.1 Å². The first-order valence-electron chi connectivity index (χ1n) is 14.7. The molecular formula is C36H31FN4O4. The number of carbonyl (C=O) groups is 1. The number of para-hydroxylation sites is 1. The van der Waals surface area contributed by atoms with Crippen LogP contribution in [-0.4, -0.2) is 37.7 Å². The molecule has 0 amide bonds. The monoisotopic (exact) mass is 602 g/mol. The molecule has 1 fully saturated rings. The molecule has 9 heteroatoms. The highest BCUT2D eigenvalue weighted by Gasteiger charge is 2.64. The van der Waals surface area contributed by atoms with Crippen LogP contribution in [0, 0.1) is 17.2 Å². The summed E-state index contributed by atoms with van der Waals surface area (Å²) in [5, 5.41) is 11.0. The highest BCUT2D eigenvalue weighted by Crippen LogP contribution is 2.64. The zero-order valence-electron chi connectivity index (χ0n) is 25.1. The third-order valence-electron chi connectivity index (χ3n) is 8.82. The van der Waals surface area contributed by atoms with Crippen LogP contribution >= 0.6 is 0 Å². The number of hydrogen-bond donors (Lipinski definition) is 1. The molecule has 0 aliphatic heterocycles. The van der Waals surface area contributed by atoms with Crippen LogP contribution < -0.4 is 9.47 Å². The molecule has 0 radical (unpaired) electrons. The van der Waals surface area contributed by atoms with E-state index in [1.807, 2.05) is 85.1 Å². The Balaban J connectivity index is 1.20. The lowest BCUT2D eigenvalue weighted by Crippen LogP contribution is -2.08. The van der Waals surface area contributed by atoms with E-state index in [9.17, 15) is 9.90 Å². The maximum atomic E-state index is 15.6. The van der Waals surface area contributed by atoms with Crippen molar-refractivity contribution < 1.29 is 23.8 Å². The summed E-state index contributed by atoms with van der Waals surface area (Å²) < 4.78 is 28.8. The maximum absolute atomic E-state index is 15.6. The number of ether oxygens (including phenoxy) is 2. The number of carboxylic acids is 1. The van der Waals surface area contributed by atoms with E-state index in [2.05, 4.69) is 9.97 Å². The van der Waals surface area contributed by atoms with Crippen LogP contribution in [0.5, 0.6) is 11.6 Å². The highest BCUT2D eigenvalue weighted by molar-refractivity contribution is 5.81. The fraction of sp³-hybridized carbons (Fsp3) is 0.222. The number of benzene rings is 3. The van der Waals surface area contributed by atoms with Crippen LogP contribution in [-0.2, 0) is 17.9 Å². The van der Waals surface area contributed by atoms with E-state index >= 15 is 4.39 Å². The predicted octanol–water partition coefficient (Wildman–Crippen LogP) is 7.25. The molecule has 0 bridgehead atoms. The molecule has 8 nitrogen and oxygen atoms in total. The molecule has 6 aromatic rings. The number of nitrogens with zero attached hydrogens (tertiary/aromatic N) is 4. The van der Waals surface area contributed by atoms with E-state index in [-0.39, 0.29) is 24.9 Å². The number of pyridine rings is 2. The third kappa shape index (κ3) is 5.24. The fourth-order valence-electron chi connectivity index (χ4n) is 6.25. The average molecular weight is 603 g/mol. The summed E-state index contributed by atoms with van der Waals surface area (Å²) in [4.78, 5) is 26.0. The van der Waals surface area contributed by atoms with E-state index in [0.29, 0.717) is 34.1 Å². The van der Waals surface area contributed by atoms with Crippen molar-refractivity contribution in [1.82, 2.24) is 19.5 Å². The minimum atomic E-state index is -0.862. The number of imidazole rings is 1. The van der Waals surface area contributed by atoms with Crippen LogP contribution in [0.2, 0.25) is 0 Å². The summed E-state index contributed by atoms with van der Waals surface area (Å²) in [6.45, 7) is 4.34. The van der Waals surface area contributed by atoms with Gasteiger partial charge in [0.2, 0.25) is 5.88 Å². The number of hydrogen-bond acceptors (Lipinski definition) is 6. The lowest BCUT2D eigenvalue weighted by molar-refractivity contribution is -0.139. The number of halogens is 1. The Labute approximate surface area is 259 Å². The average Bonchev–Trinajstić information content (AvgIpc) is 3.47. The first-order valence-corrected chi connectivity index (χ1v) is 14.7. The Hall–Kier alpha value is -5.31. The zero-order chi connectivity index (χ0) is 31.3. The second-order valence-corrected chi connectivity index (χ2v) is 12.0. The summed E-state index contributed by atoms with van der Waals surface area (Å²) in [7, 11) is 1.55. The molecule has 3 aromatic heterocycles. The fourth-order valence-corrected chi connectivity index (χ4v) is 6.25. The van der Waals surface area contributed by atoms with Crippen LogP contribution in [0.3, 0.4) is 0 Å². The summed E-state index contributed by atoms with van der Waals surface area (Å²) in [5.41, 5.74) is 4.57. The number of aliphatic carboxylic acids is 1. The van der Waals surface area contributed by atoms with Crippen molar-refractivity contribution in [2.75, 3.05) is 7.11 Å². The summed E-state index contributed by atoms with van der Waals surface area (Å²) in [6.07, 6.45) is 1.64. The standard InChI is InChI=1S/C36H31FN4O4/c1-36(2)32(33(36)35(42)43)34-40-29-17-26(45-20-25-12-10-21-6-4-5-7-28(21)39-25)13-14-30(29)41(34)19-24-9-8-22(16-27(24)37)23-11-15-31(44-3)38-18-23/h4-18,32-33H,19-20H2,1-3H3,(H,42,43)/t32-,33+/m0/s1. The highest BCUT2D eigenvalue weighted by atomic mass is 19.1. The van der Waals surface area contributed by atoms with Crippen molar-refractivity contribution in [2.24, 2.45) is 11.3 Å². The number of methoxy groups -OCH3 is 1. The van der Waals surface area contributed by atoms with E-state index in [0.717, 1.165) is 27.7 Å². The normalized spacial score (nSPS) is 17.0. The van der Waals surface area contributed by atoms with Gasteiger partial charge in [-0.3, -0.25) is 4.79 Å². The molecule has 7 rings (SSSR count). The minimum Gasteiger partial charge on any atom is -0.487 e. The number of carboxylic acid groups (broad SMARTS) is 1. The molecule has 1 aliphatic carbocycles. The smallest absolute Gasteiger partial charge is 0.307 e. The second-order valence-electron chi connectivity index (χ2n) is 12.0.